The molecule has 3 nitrogen and oxygen atoms in total. The van der Waals surface area contributed by atoms with Gasteiger partial charge in [-0.05, 0) is 96.3 Å². The van der Waals surface area contributed by atoms with Crippen molar-refractivity contribution in [3.05, 3.63) is 175 Å². The van der Waals surface area contributed by atoms with Gasteiger partial charge >= 0.3 is 0 Å². The topological polar surface area (TPSA) is 21.3 Å². The molecule has 9 aromatic rings. The van der Waals surface area contributed by atoms with Gasteiger partial charge in [0.1, 0.15) is 11.2 Å². The highest BCUT2D eigenvalue weighted by Gasteiger charge is 2.19. The second kappa shape index (κ2) is 11.1. The number of furan rings is 1. The minimum absolute atomic E-state index is 0.897. The van der Waals surface area contributed by atoms with Crippen LogP contribution in [-0.4, -0.2) is 4.57 Å². The quantitative estimate of drug-likeness (QED) is 0.189. The highest BCUT2D eigenvalue weighted by atomic mass is 16.3. The summed E-state index contributed by atoms with van der Waals surface area (Å²) in [5.74, 6) is 0. The molecular formula is C46H32N2O. The van der Waals surface area contributed by atoms with Crippen molar-refractivity contribution in [2.24, 2.45) is 0 Å². The van der Waals surface area contributed by atoms with Gasteiger partial charge in [0.2, 0.25) is 0 Å². The van der Waals surface area contributed by atoms with Gasteiger partial charge in [-0.15, -0.1) is 0 Å². The minimum Gasteiger partial charge on any atom is -0.456 e. The normalized spacial score (nSPS) is 12.7. The van der Waals surface area contributed by atoms with Crippen molar-refractivity contribution in [3.8, 4) is 16.8 Å². The molecule has 0 spiro atoms. The average Bonchev–Trinajstić information content (AvgIpc) is 3.72. The van der Waals surface area contributed by atoms with E-state index in [0.717, 1.165) is 51.8 Å². The number of anilines is 3. The SMILES string of the molecule is C1=Cc2c(ccc3c4ccccc4n(-c4ccc(-c5ccc(N(c6ccccc6)c6ccc7oc8ccccc8c7c6)cc5)cc4)c23)CC1. The van der Waals surface area contributed by atoms with Crippen LogP contribution in [0.15, 0.2) is 168 Å². The third-order valence-corrected chi connectivity index (χ3v) is 10.0. The van der Waals surface area contributed by atoms with Crippen LogP contribution in [0.25, 0.3) is 66.6 Å². The lowest BCUT2D eigenvalue weighted by molar-refractivity contribution is 0.669. The van der Waals surface area contributed by atoms with Crippen molar-refractivity contribution < 1.29 is 4.42 Å². The van der Waals surface area contributed by atoms with Crippen LogP contribution in [0.4, 0.5) is 17.1 Å². The lowest BCUT2D eigenvalue weighted by Gasteiger charge is -2.25. The molecular weight excluding hydrogens is 597 g/mol. The Hall–Kier alpha value is -6.32. The van der Waals surface area contributed by atoms with E-state index in [9.17, 15) is 0 Å². The summed E-state index contributed by atoms with van der Waals surface area (Å²) < 4.78 is 8.59. The zero-order chi connectivity index (χ0) is 32.3. The van der Waals surface area contributed by atoms with E-state index in [1.165, 1.54) is 49.7 Å². The molecule has 0 N–H and O–H groups in total. The molecule has 0 bridgehead atoms. The van der Waals surface area contributed by atoms with Gasteiger partial charge < -0.3 is 13.9 Å². The smallest absolute Gasteiger partial charge is 0.135 e. The fourth-order valence-corrected chi connectivity index (χ4v) is 7.72. The standard InChI is InChI=1S/C46H32N2O/c1-2-11-34(12-3-1)47(37-27-29-45-42(30-37)40-15-7-9-17-44(40)49-45)35-23-18-31(19-24-35)32-20-25-36(26-21-32)48-43-16-8-6-14-39(43)41-28-22-33-10-4-5-13-38(33)46(41)48/h1-3,5-9,11-30H,4,10H2. The molecule has 1 aliphatic rings. The molecule has 2 heterocycles. The summed E-state index contributed by atoms with van der Waals surface area (Å²) in [6, 6.07) is 56.6. The summed E-state index contributed by atoms with van der Waals surface area (Å²) in [5.41, 5.74) is 14.0. The van der Waals surface area contributed by atoms with Crippen molar-refractivity contribution in [3.63, 3.8) is 0 Å². The summed E-state index contributed by atoms with van der Waals surface area (Å²) in [5, 5.41) is 4.85. The lowest BCUT2D eigenvalue weighted by Crippen LogP contribution is -2.09. The first-order valence-corrected chi connectivity index (χ1v) is 17.0. The number of benzene rings is 7. The Labute approximate surface area is 284 Å². The first-order valence-electron chi connectivity index (χ1n) is 17.0. The Morgan fingerprint density at radius 1 is 0.510 bits per heavy atom. The van der Waals surface area contributed by atoms with Gasteiger partial charge in [-0.25, -0.2) is 0 Å². The maximum absolute atomic E-state index is 6.14. The van der Waals surface area contributed by atoms with E-state index >= 15 is 0 Å². The third-order valence-electron chi connectivity index (χ3n) is 10.0. The monoisotopic (exact) mass is 628 g/mol. The van der Waals surface area contributed by atoms with Gasteiger partial charge in [0, 0.05) is 49.9 Å². The van der Waals surface area contributed by atoms with Crippen LogP contribution >= 0.6 is 0 Å². The van der Waals surface area contributed by atoms with E-state index < -0.39 is 0 Å². The number of hydrogen-bond donors (Lipinski definition) is 0. The Bertz CT molecular complexity index is 2690. The number of hydrogen-bond acceptors (Lipinski definition) is 2. The fourth-order valence-electron chi connectivity index (χ4n) is 7.72. The van der Waals surface area contributed by atoms with Crippen molar-refractivity contribution in [1.29, 1.82) is 0 Å². The predicted octanol–water partition coefficient (Wildman–Crippen LogP) is 12.8. The summed E-state index contributed by atoms with van der Waals surface area (Å²) >= 11 is 0. The molecule has 232 valence electrons. The minimum atomic E-state index is 0.897. The molecule has 49 heavy (non-hydrogen) atoms. The molecule has 0 aliphatic heterocycles. The molecule has 10 rings (SSSR count). The van der Waals surface area contributed by atoms with Crippen molar-refractivity contribution in [2.45, 2.75) is 12.8 Å². The molecule has 0 radical (unpaired) electrons. The highest BCUT2D eigenvalue weighted by Crippen LogP contribution is 2.40. The molecule has 0 amide bonds. The summed E-state index contributed by atoms with van der Waals surface area (Å²) in [4.78, 5) is 2.31. The van der Waals surface area contributed by atoms with Gasteiger partial charge in [0.05, 0.1) is 11.0 Å². The lowest BCUT2D eigenvalue weighted by atomic mass is 9.95. The number of aryl methyl sites for hydroxylation is 1. The number of para-hydroxylation sites is 3. The number of allylic oxidation sites excluding steroid dienone is 1. The second-order valence-corrected chi connectivity index (χ2v) is 12.9. The van der Waals surface area contributed by atoms with Crippen LogP contribution in [-0.2, 0) is 6.42 Å². The predicted molar refractivity (Wildman–Crippen MR) is 206 cm³/mol. The number of fused-ring (bicyclic) bond motifs is 8. The third kappa shape index (κ3) is 4.51. The molecule has 1 aliphatic carbocycles. The van der Waals surface area contributed by atoms with Gasteiger partial charge in [0.25, 0.3) is 0 Å². The molecule has 7 aromatic carbocycles. The van der Waals surface area contributed by atoms with E-state index in [1.54, 1.807) is 0 Å². The maximum atomic E-state index is 6.14. The molecule has 0 saturated heterocycles. The molecule has 0 fully saturated rings. The number of rotatable bonds is 5. The van der Waals surface area contributed by atoms with Crippen LogP contribution in [0.3, 0.4) is 0 Å². The van der Waals surface area contributed by atoms with E-state index in [4.69, 9.17) is 4.42 Å². The molecule has 2 aromatic heterocycles. The van der Waals surface area contributed by atoms with E-state index in [-0.39, 0.29) is 0 Å². The highest BCUT2D eigenvalue weighted by molar-refractivity contribution is 6.12. The van der Waals surface area contributed by atoms with Crippen LogP contribution in [0, 0.1) is 0 Å². The molecule has 3 heteroatoms. The average molecular weight is 629 g/mol. The van der Waals surface area contributed by atoms with E-state index in [1.807, 2.05) is 12.1 Å². The van der Waals surface area contributed by atoms with Crippen LogP contribution in [0.5, 0.6) is 0 Å². The zero-order valence-corrected chi connectivity index (χ0v) is 26.9. The van der Waals surface area contributed by atoms with Gasteiger partial charge in [-0.2, -0.15) is 0 Å². The largest absolute Gasteiger partial charge is 0.456 e. The fraction of sp³-hybridized carbons (Fsp3) is 0.0435. The number of nitrogens with zero attached hydrogens (tertiary/aromatic N) is 2. The van der Waals surface area contributed by atoms with Crippen LogP contribution in [0.1, 0.15) is 17.5 Å². The first kappa shape index (κ1) is 27.8. The Kier molecular flexibility index (Phi) is 6.31. The molecule has 0 atom stereocenters. The second-order valence-electron chi connectivity index (χ2n) is 12.9. The van der Waals surface area contributed by atoms with Gasteiger partial charge in [-0.1, -0.05) is 103 Å². The molecule has 0 saturated carbocycles. The van der Waals surface area contributed by atoms with Crippen molar-refractivity contribution >= 4 is 66.9 Å². The van der Waals surface area contributed by atoms with Crippen molar-refractivity contribution in [1.82, 2.24) is 4.57 Å². The summed E-state index contributed by atoms with van der Waals surface area (Å²) in [7, 11) is 0. The summed E-state index contributed by atoms with van der Waals surface area (Å²) in [6.07, 6.45) is 6.83. The zero-order valence-electron chi connectivity index (χ0n) is 26.9. The van der Waals surface area contributed by atoms with Crippen molar-refractivity contribution in [2.75, 3.05) is 4.90 Å². The molecule has 0 unspecified atom stereocenters. The maximum Gasteiger partial charge on any atom is 0.135 e. The van der Waals surface area contributed by atoms with E-state index in [2.05, 4.69) is 167 Å². The Balaban J connectivity index is 1.03. The number of aromatic nitrogens is 1. The van der Waals surface area contributed by atoms with Gasteiger partial charge in [-0.3, -0.25) is 0 Å². The van der Waals surface area contributed by atoms with E-state index in [0.29, 0.717) is 0 Å². The summed E-state index contributed by atoms with van der Waals surface area (Å²) in [6.45, 7) is 0. The van der Waals surface area contributed by atoms with Gasteiger partial charge in [0.15, 0.2) is 0 Å². The van der Waals surface area contributed by atoms with Crippen LogP contribution < -0.4 is 4.90 Å². The Morgan fingerprint density at radius 3 is 2.02 bits per heavy atom. The van der Waals surface area contributed by atoms with Crippen LogP contribution in [0.2, 0.25) is 0 Å². The first-order chi connectivity index (χ1) is 24.3. The Morgan fingerprint density at radius 2 is 1.18 bits per heavy atom.